The Morgan fingerprint density at radius 1 is 0.500 bits per heavy atom. The first kappa shape index (κ1) is 33.6. The molecule has 0 radical (unpaired) electrons. The van der Waals surface area contributed by atoms with Crippen molar-refractivity contribution >= 4 is 12.4 Å². The number of benzene rings is 2. The molecule has 0 unspecified atom stereocenters. The molecule has 222 valence electrons. The van der Waals surface area contributed by atoms with Crippen molar-refractivity contribution in [2.75, 3.05) is 13.1 Å². The van der Waals surface area contributed by atoms with E-state index in [4.69, 9.17) is 0 Å². The average Bonchev–Trinajstić information content (AvgIpc) is 2.79. The van der Waals surface area contributed by atoms with Crippen molar-refractivity contribution in [2.45, 2.75) is 130 Å². The zero-order valence-corrected chi connectivity index (χ0v) is 27.5. The Labute approximate surface area is 245 Å². The molecule has 0 aliphatic heterocycles. The van der Waals surface area contributed by atoms with E-state index in [9.17, 15) is 10.2 Å². The maximum atomic E-state index is 10.9. The van der Waals surface area contributed by atoms with Gasteiger partial charge >= 0.3 is 0 Å². The number of rotatable bonds is 9. The van der Waals surface area contributed by atoms with Crippen molar-refractivity contribution < 1.29 is 10.2 Å². The molecule has 0 aliphatic rings. The van der Waals surface area contributed by atoms with Crippen LogP contribution in [0.15, 0.2) is 34.3 Å². The number of hydrogen-bond acceptors (Lipinski definition) is 4. The first-order valence-electron chi connectivity index (χ1n) is 15.0. The van der Waals surface area contributed by atoms with E-state index in [1.807, 2.05) is 12.4 Å². The Hall–Kier alpha value is -2.62. The van der Waals surface area contributed by atoms with E-state index >= 15 is 0 Å². The number of aromatic hydroxyl groups is 2. The van der Waals surface area contributed by atoms with Gasteiger partial charge < -0.3 is 10.2 Å². The van der Waals surface area contributed by atoms with Crippen molar-refractivity contribution in [2.24, 2.45) is 9.98 Å². The van der Waals surface area contributed by atoms with Gasteiger partial charge in [-0.15, -0.1) is 0 Å². The average molecular weight is 549 g/mol. The molecule has 0 bridgehead atoms. The summed E-state index contributed by atoms with van der Waals surface area (Å²) in [7, 11) is 0. The molecule has 0 fully saturated rings. The zero-order valence-electron chi connectivity index (χ0n) is 27.5. The van der Waals surface area contributed by atoms with E-state index in [1.165, 1.54) is 11.1 Å². The molecular weight excluding hydrogens is 492 g/mol. The number of nitrogens with zero attached hydrogens (tertiary/aromatic N) is 2. The Balaban J connectivity index is 1.93. The summed E-state index contributed by atoms with van der Waals surface area (Å²) in [4.78, 5) is 9.29. The molecule has 0 saturated heterocycles. The molecule has 40 heavy (non-hydrogen) atoms. The molecular formula is C36H56N2O2. The minimum atomic E-state index is -0.139. The molecule has 0 heterocycles. The predicted molar refractivity (Wildman–Crippen MR) is 174 cm³/mol. The monoisotopic (exact) mass is 548 g/mol. The summed E-state index contributed by atoms with van der Waals surface area (Å²) in [5.41, 5.74) is 5.70. The Morgan fingerprint density at radius 2 is 0.825 bits per heavy atom. The fourth-order valence-corrected chi connectivity index (χ4v) is 4.61. The van der Waals surface area contributed by atoms with Crippen molar-refractivity contribution in [3.05, 3.63) is 57.6 Å². The molecule has 0 aromatic heterocycles. The van der Waals surface area contributed by atoms with Crippen LogP contribution in [0.3, 0.4) is 0 Å². The number of phenols is 2. The van der Waals surface area contributed by atoms with Gasteiger partial charge in [-0.1, -0.05) is 108 Å². The van der Waals surface area contributed by atoms with Crippen LogP contribution in [0.5, 0.6) is 11.5 Å². The highest BCUT2D eigenvalue weighted by Crippen LogP contribution is 2.38. The van der Waals surface area contributed by atoms with Crippen molar-refractivity contribution in [3.8, 4) is 11.5 Å². The highest BCUT2D eigenvalue weighted by Gasteiger charge is 2.25. The van der Waals surface area contributed by atoms with E-state index in [1.54, 1.807) is 0 Å². The van der Waals surface area contributed by atoms with Gasteiger partial charge in [0.05, 0.1) is 0 Å². The van der Waals surface area contributed by atoms with E-state index in [2.05, 4.69) is 117 Å². The summed E-state index contributed by atoms with van der Waals surface area (Å²) < 4.78 is 0. The van der Waals surface area contributed by atoms with Crippen LogP contribution >= 0.6 is 0 Å². The van der Waals surface area contributed by atoms with Gasteiger partial charge in [-0.2, -0.15) is 0 Å². The minimum Gasteiger partial charge on any atom is -0.507 e. The van der Waals surface area contributed by atoms with Gasteiger partial charge in [0.15, 0.2) is 0 Å². The van der Waals surface area contributed by atoms with Crippen LogP contribution in [0, 0.1) is 0 Å². The molecule has 2 aromatic rings. The van der Waals surface area contributed by atoms with Gasteiger partial charge in [0.25, 0.3) is 0 Å². The number of phenolic OH excluding ortho intramolecular Hbond substituents is 2. The van der Waals surface area contributed by atoms with Crippen LogP contribution in [0.2, 0.25) is 0 Å². The lowest BCUT2D eigenvalue weighted by Gasteiger charge is -2.27. The second-order valence-electron chi connectivity index (χ2n) is 15.4. The maximum absolute atomic E-state index is 10.9. The van der Waals surface area contributed by atoms with Crippen molar-refractivity contribution in [1.29, 1.82) is 0 Å². The second-order valence-corrected chi connectivity index (χ2v) is 15.4. The quantitative estimate of drug-likeness (QED) is 0.242. The van der Waals surface area contributed by atoms with Crippen LogP contribution in [0.1, 0.15) is 142 Å². The minimum absolute atomic E-state index is 0.00177. The molecule has 0 spiro atoms. The summed E-state index contributed by atoms with van der Waals surface area (Å²) in [5, 5.41) is 21.9. The molecule has 0 aliphatic carbocycles. The van der Waals surface area contributed by atoms with Gasteiger partial charge in [0, 0.05) is 47.8 Å². The lowest BCUT2D eigenvalue weighted by molar-refractivity contribution is 0.443. The van der Waals surface area contributed by atoms with E-state index < -0.39 is 0 Å². The lowest BCUT2D eigenvalue weighted by atomic mass is 9.79. The third-order valence-electron chi connectivity index (χ3n) is 7.41. The van der Waals surface area contributed by atoms with E-state index in [0.717, 1.165) is 61.0 Å². The van der Waals surface area contributed by atoms with Gasteiger partial charge in [0.1, 0.15) is 11.5 Å². The second kappa shape index (κ2) is 12.9. The van der Waals surface area contributed by atoms with Gasteiger partial charge in [-0.3, -0.25) is 9.98 Å². The summed E-state index contributed by atoms with van der Waals surface area (Å²) in [6, 6.07) is 8.43. The Morgan fingerprint density at radius 3 is 1.10 bits per heavy atom. The van der Waals surface area contributed by atoms with Crippen LogP contribution in [0.25, 0.3) is 0 Å². The number of hydrogen-bond donors (Lipinski definition) is 2. The first-order chi connectivity index (χ1) is 18.2. The highest BCUT2D eigenvalue weighted by molar-refractivity contribution is 5.85. The molecule has 2 aromatic carbocycles. The summed E-state index contributed by atoms with van der Waals surface area (Å²) in [6.45, 7) is 27.5. The maximum Gasteiger partial charge on any atom is 0.128 e. The molecule has 0 saturated carbocycles. The largest absolute Gasteiger partial charge is 0.507 e. The fraction of sp³-hybridized carbons (Fsp3) is 0.611. The van der Waals surface area contributed by atoms with Crippen molar-refractivity contribution in [3.63, 3.8) is 0 Å². The summed E-state index contributed by atoms with van der Waals surface area (Å²) in [5.74, 6) is 0.687. The predicted octanol–water partition coefficient (Wildman–Crippen LogP) is 9.39. The molecule has 4 nitrogen and oxygen atoms in total. The number of aliphatic imine (C=N–C) groups is 2. The van der Waals surface area contributed by atoms with Gasteiger partial charge in [0.2, 0.25) is 0 Å². The van der Waals surface area contributed by atoms with Gasteiger partial charge in [-0.25, -0.2) is 0 Å². The molecule has 4 heteroatoms. The third-order valence-corrected chi connectivity index (χ3v) is 7.41. The van der Waals surface area contributed by atoms with E-state index in [0.29, 0.717) is 11.5 Å². The third kappa shape index (κ3) is 9.49. The molecule has 0 amide bonds. The fourth-order valence-electron chi connectivity index (χ4n) is 4.61. The van der Waals surface area contributed by atoms with Crippen LogP contribution in [-0.4, -0.2) is 35.7 Å². The summed E-state index contributed by atoms with van der Waals surface area (Å²) in [6.07, 6.45) is 7.88. The zero-order chi connectivity index (χ0) is 30.5. The summed E-state index contributed by atoms with van der Waals surface area (Å²) >= 11 is 0. The van der Waals surface area contributed by atoms with Crippen molar-refractivity contribution in [1.82, 2.24) is 0 Å². The lowest BCUT2D eigenvalue weighted by Crippen LogP contribution is -2.17. The van der Waals surface area contributed by atoms with Crippen LogP contribution in [-0.2, 0) is 21.7 Å². The molecule has 0 atom stereocenters. The van der Waals surface area contributed by atoms with Crippen LogP contribution < -0.4 is 0 Å². The van der Waals surface area contributed by atoms with Crippen LogP contribution in [0.4, 0.5) is 0 Å². The van der Waals surface area contributed by atoms with Gasteiger partial charge in [-0.05, 0) is 57.8 Å². The number of unbranched alkanes of at least 4 members (excludes halogenated alkanes) is 3. The smallest absolute Gasteiger partial charge is 0.128 e. The Kier molecular flexibility index (Phi) is 10.8. The topological polar surface area (TPSA) is 65.2 Å². The standard InChI is InChI=1S/C36H56N2O2/c1-33(2,3)27-19-25(31(39)29(21-27)35(7,8)9)23-37-17-15-13-14-16-18-38-24-26-20-28(34(4,5)6)22-30(32(26)40)36(10,11)12/h19-24,39-40H,13-18H2,1-12H3. The molecule has 2 N–H and O–H groups in total. The van der Waals surface area contributed by atoms with E-state index in [-0.39, 0.29) is 21.7 Å². The molecule has 2 rings (SSSR count). The normalized spacial score (nSPS) is 13.6. The Bertz CT molecular complexity index is 1100. The first-order valence-corrected chi connectivity index (χ1v) is 15.0. The highest BCUT2D eigenvalue weighted by atomic mass is 16.3. The SMILES string of the molecule is CC(C)(C)c1cc(C=NCCCCCCN=Cc2cc(C(C)(C)C)cc(C(C)(C)C)c2O)c(O)c(C(C)(C)C)c1.